The highest BCUT2D eigenvalue weighted by Gasteiger charge is 2.38. The monoisotopic (exact) mass is 429 g/mol. The SMILES string of the molecule is Cc1c(Br)c(C(F)(F)F)nn1CC(=O)Nc1ccc(Cl)cc1Cl. The average Bonchev–Trinajstić information content (AvgIpc) is 2.70. The van der Waals surface area contributed by atoms with E-state index in [1.54, 1.807) is 0 Å². The van der Waals surface area contributed by atoms with E-state index in [0.717, 1.165) is 4.68 Å². The molecule has 1 aromatic carbocycles. The van der Waals surface area contributed by atoms with E-state index in [0.29, 0.717) is 10.7 Å². The van der Waals surface area contributed by atoms with Crippen molar-refractivity contribution in [1.29, 1.82) is 0 Å². The van der Waals surface area contributed by atoms with Gasteiger partial charge in [0.05, 0.1) is 20.9 Å². The number of alkyl halides is 3. The van der Waals surface area contributed by atoms with E-state index in [9.17, 15) is 18.0 Å². The van der Waals surface area contributed by atoms with Gasteiger partial charge in [-0.25, -0.2) is 0 Å². The highest BCUT2D eigenvalue weighted by Crippen LogP contribution is 2.35. The molecule has 2 aromatic rings. The molecule has 0 atom stereocenters. The van der Waals surface area contributed by atoms with Crippen molar-refractivity contribution in [1.82, 2.24) is 9.78 Å². The van der Waals surface area contributed by atoms with Gasteiger partial charge in [0.2, 0.25) is 5.91 Å². The van der Waals surface area contributed by atoms with Gasteiger partial charge in [0, 0.05) is 5.02 Å². The minimum absolute atomic E-state index is 0.190. The Morgan fingerprint density at radius 1 is 1.39 bits per heavy atom. The average molecular weight is 431 g/mol. The summed E-state index contributed by atoms with van der Waals surface area (Å²) in [6.07, 6.45) is -4.61. The van der Waals surface area contributed by atoms with Crippen LogP contribution in [0.4, 0.5) is 18.9 Å². The third kappa shape index (κ3) is 4.19. The normalized spacial score (nSPS) is 11.6. The van der Waals surface area contributed by atoms with Crippen molar-refractivity contribution in [3.63, 3.8) is 0 Å². The standard InChI is InChI=1S/C13H9BrCl2F3N3O/c1-6-11(14)12(13(17,18)19)21-22(6)5-10(23)20-9-3-2-7(15)4-8(9)16/h2-4H,5H2,1H3,(H,20,23). The predicted molar refractivity (Wildman–Crippen MR) is 84.8 cm³/mol. The number of nitrogens with zero attached hydrogens (tertiary/aromatic N) is 2. The highest BCUT2D eigenvalue weighted by molar-refractivity contribution is 9.10. The van der Waals surface area contributed by atoms with E-state index in [-0.39, 0.29) is 21.7 Å². The molecule has 0 spiro atoms. The van der Waals surface area contributed by atoms with Crippen LogP contribution in [0.15, 0.2) is 22.7 Å². The summed E-state index contributed by atoms with van der Waals surface area (Å²) in [6, 6.07) is 4.46. The van der Waals surface area contributed by atoms with Crippen molar-refractivity contribution < 1.29 is 18.0 Å². The highest BCUT2D eigenvalue weighted by atomic mass is 79.9. The molecule has 1 N–H and O–H groups in total. The summed E-state index contributed by atoms with van der Waals surface area (Å²) in [4.78, 5) is 12.0. The first-order chi connectivity index (χ1) is 10.6. The predicted octanol–water partition coefficient (Wildman–Crippen LogP) is 4.92. The maximum Gasteiger partial charge on any atom is 0.436 e. The summed E-state index contributed by atoms with van der Waals surface area (Å²) in [5.74, 6) is -0.568. The molecule has 0 aliphatic heterocycles. The first kappa shape index (κ1) is 18.1. The number of aromatic nitrogens is 2. The fourth-order valence-electron chi connectivity index (χ4n) is 1.78. The van der Waals surface area contributed by atoms with E-state index in [2.05, 4.69) is 26.3 Å². The molecule has 23 heavy (non-hydrogen) atoms. The van der Waals surface area contributed by atoms with Crippen LogP contribution in [0, 0.1) is 6.92 Å². The van der Waals surface area contributed by atoms with Crippen molar-refractivity contribution in [3.8, 4) is 0 Å². The number of halogens is 6. The Morgan fingerprint density at radius 3 is 2.57 bits per heavy atom. The molecule has 0 saturated carbocycles. The van der Waals surface area contributed by atoms with E-state index in [1.807, 2.05) is 0 Å². The molecule has 2 rings (SSSR count). The van der Waals surface area contributed by atoms with Crippen LogP contribution in [0.1, 0.15) is 11.4 Å². The Bertz CT molecular complexity index is 762. The van der Waals surface area contributed by atoms with Gasteiger partial charge in [-0.2, -0.15) is 18.3 Å². The minimum Gasteiger partial charge on any atom is -0.323 e. The number of rotatable bonds is 3. The van der Waals surface area contributed by atoms with E-state index in [4.69, 9.17) is 23.2 Å². The Morgan fingerprint density at radius 2 is 2.04 bits per heavy atom. The third-order valence-electron chi connectivity index (χ3n) is 2.90. The summed E-state index contributed by atoms with van der Waals surface area (Å²) in [5.41, 5.74) is -0.581. The molecule has 0 bridgehead atoms. The Kier molecular flexibility index (Phi) is 5.27. The van der Waals surface area contributed by atoms with Crippen molar-refractivity contribution in [2.24, 2.45) is 0 Å². The molecule has 0 unspecified atom stereocenters. The number of carbonyl (C=O) groups excluding carboxylic acids is 1. The Balaban J connectivity index is 2.18. The van der Waals surface area contributed by atoms with Gasteiger partial charge in [-0.1, -0.05) is 23.2 Å². The smallest absolute Gasteiger partial charge is 0.323 e. The molecule has 0 aliphatic rings. The fraction of sp³-hybridized carbons (Fsp3) is 0.231. The third-order valence-corrected chi connectivity index (χ3v) is 4.40. The quantitative estimate of drug-likeness (QED) is 0.751. The van der Waals surface area contributed by atoms with Crippen molar-refractivity contribution in [3.05, 3.63) is 44.1 Å². The molecule has 0 fully saturated rings. The summed E-state index contributed by atoms with van der Waals surface area (Å²) in [6.45, 7) is 1.04. The van der Waals surface area contributed by atoms with Crippen LogP contribution in [0.2, 0.25) is 10.0 Å². The van der Waals surface area contributed by atoms with Gasteiger partial charge in [-0.15, -0.1) is 0 Å². The fourth-order valence-corrected chi connectivity index (χ4v) is 2.74. The number of benzene rings is 1. The van der Waals surface area contributed by atoms with Crippen LogP contribution in [0.3, 0.4) is 0 Å². The summed E-state index contributed by atoms with van der Waals surface area (Å²) in [5, 5.41) is 6.54. The minimum atomic E-state index is -4.61. The Hall–Kier alpha value is -1.25. The molecular formula is C13H9BrCl2F3N3O. The molecule has 10 heteroatoms. The zero-order chi connectivity index (χ0) is 17.4. The van der Waals surface area contributed by atoms with Gasteiger partial charge < -0.3 is 5.32 Å². The second-order valence-electron chi connectivity index (χ2n) is 4.58. The van der Waals surface area contributed by atoms with E-state index >= 15 is 0 Å². The van der Waals surface area contributed by atoms with Gasteiger partial charge in [-0.05, 0) is 41.1 Å². The van der Waals surface area contributed by atoms with Crippen LogP contribution < -0.4 is 5.32 Å². The largest absolute Gasteiger partial charge is 0.436 e. The van der Waals surface area contributed by atoms with E-state index < -0.39 is 17.8 Å². The number of nitrogens with one attached hydrogen (secondary N) is 1. The van der Waals surface area contributed by atoms with Gasteiger partial charge in [-0.3, -0.25) is 9.48 Å². The Labute approximate surface area is 147 Å². The molecule has 1 heterocycles. The molecule has 0 saturated heterocycles. The van der Waals surface area contributed by atoms with E-state index in [1.165, 1.54) is 25.1 Å². The number of carbonyl (C=O) groups is 1. The zero-order valence-electron chi connectivity index (χ0n) is 11.5. The van der Waals surface area contributed by atoms with Crippen LogP contribution >= 0.6 is 39.1 Å². The van der Waals surface area contributed by atoms with Crippen LogP contribution in [0.25, 0.3) is 0 Å². The zero-order valence-corrected chi connectivity index (χ0v) is 14.6. The molecular weight excluding hydrogens is 422 g/mol. The molecule has 1 aromatic heterocycles. The number of amides is 1. The summed E-state index contributed by atoms with van der Waals surface area (Å²) in [7, 11) is 0. The molecule has 0 aliphatic carbocycles. The lowest BCUT2D eigenvalue weighted by atomic mass is 10.3. The lowest BCUT2D eigenvalue weighted by molar-refractivity contribution is -0.142. The lowest BCUT2D eigenvalue weighted by Crippen LogP contribution is -2.21. The van der Waals surface area contributed by atoms with Crippen LogP contribution in [0.5, 0.6) is 0 Å². The number of anilines is 1. The van der Waals surface area contributed by atoms with Gasteiger partial charge >= 0.3 is 6.18 Å². The first-order valence-electron chi connectivity index (χ1n) is 6.14. The molecule has 4 nitrogen and oxygen atoms in total. The van der Waals surface area contributed by atoms with Crippen molar-refractivity contribution in [2.45, 2.75) is 19.6 Å². The lowest BCUT2D eigenvalue weighted by Gasteiger charge is -2.08. The van der Waals surface area contributed by atoms with Crippen molar-refractivity contribution in [2.75, 3.05) is 5.32 Å². The topological polar surface area (TPSA) is 46.9 Å². The van der Waals surface area contributed by atoms with Gasteiger partial charge in [0.25, 0.3) is 0 Å². The summed E-state index contributed by atoms with van der Waals surface area (Å²) >= 11 is 14.5. The summed E-state index contributed by atoms with van der Waals surface area (Å²) < 4.78 is 39.1. The molecule has 1 amide bonds. The second kappa shape index (κ2) is 6.70. The second-order valence-corrected chi connectivity index (χ2v) is 6.21. The van der Waals surface area contributed by atoms with Crippen LogP contribution in [-0.4, -0.2) is 15.7 Å². The van der Waals surface area contributed by atoms with Crippen LogP contribution in [-0.2, 0) is 17.5 Å². The molecule has 0 radical (unpaired) electrons. The van der Waals surface area contributed by atoms with Crippen molar-refractivity contribution >= 4 is 50.7 Å². The van der Waals surface area contributed by atoms with Gasteiger partial charge in [0.15, 0.2) is 5.69 Å². The maximum atomic E-state index is 12.8. The number of hydrogen-bond acceptors (Lipinski definition) is 2. The maximum absolute atomic E-state index is 12.8. The first-order valence-corrected chi connectivity index (χ1v) is 7.69. The number of hydrogen-bond donors (Lipinski definition) is 1. The van der Waals surface area contributed by atoms with Gasteiger partial charge in [0.1, 0.15) is 6.54 Å². The molecule has 124 valence electrons.